The van der Waals surface area contributed by atoms with E-state index < -0.39 is 0 Å². The topological polar surface area (TPSA) is 83.1 Å². The number of nitrogens with zero attached hydrogens (tertiary/aromatic N) is 5. The molecule has 6 rings (SSSR count). The molecule has 0 atom stereocenters. The maximum atomic E-state index is 15.3. The highest BCUT2D eigenvalue weighted by molar-refractivity contribution is 5.87. The van der Waals surface area contributed by atoms with Gasteiger partial charge in [0.1, 0.15) is 24.6 Å². The van der Waals surface area contributed by atoms with Gasteiger partial charge in [0.05, 0.1) is 24.5 Å². The van der Waals surface area contributed by atoms with Crippen molar-refractivity contribution >= 4 is 23.2 Å². The van der Waals surface area contributed by atoms with Crippen molar-refractivity contribution in [2.24, 2.45) is 0 Å². The van der Waals surface area contributed by atoms with Crippen LogP contribution in [0.1, 0.15) is 29.9 Å². The first-order valence-corrected chi connectivity index (χ1v) is 12.7. The molecule has 36 heavy (non-hydrogen) atoms. The van der Waals surface area contributed by atoms with E-state index >= 15 is 4.39 Å². The van der Waals surface area contributed by atoms with Gasteiger partial charge in [0, 0.05) is 32.2 Å². The first-order valence-electron chi connectivity index (χ1n) is 12.7. The Labute approximate surface area is 209 Å². The van der Waals surface area contributed by atoms with Gasteiger partial charge in [-0.15, -0.1) is 0 Å². The Morgan fingerprint density at radius 1 is 1.14 bits per heavy atom. The lowest BCUT2D eigenvalue weighted by Crippen LogP contribution is -2.61. The van der Waals surface area contributed by atoms with Crippen molar-refractivity contribution in [1.29, 1.82) is 0 Å². The number of rotatable bonds is 4. The van der Waals surface area contributed by atoms with Gasteiger partial charge in [-0.3, -0.25) is 9.69 Å². The monoisotopic (exact) mass is 494 g/mol. The highest BCUT2D eigenvalue weighted by Crippen LogP contribution is 2.41. The number of morpholine rings is 1. The predicted octanol–water partition coefficient (Wildman–Crippen LogP) is 2.66. The Kier molecular flexibility index (Phi) is 6.22. The van der Waals surface area contributed by atoms with Gasteiger partial charge in [-0.05, 0) is 55.6 Å². The summed E-state index contributed by atoms with van der Waals surface area (Å²) in [5.41, 5.74) is 2.41. The third kappa shape index (κ3) is 4.28. The number of amides is 1. The van der Waals surface area contributed by atoms with Crippen LogP contribution in [0.3, 0.4) is 0 Å². The van der Waals surface area contributed by atoms with Crippen molar-refractivity contribution < 1.29 is 18.7 Å². The Bertz CT molecular complexity index is 1160. The molecule has 0 radical (unpaired) electrons. The SMILES string of the molecule is C=CC(=O)N1CC(N2CCC(c3cc(F)c4c(c3)Nc3ncnc(N5CCOCC5)c3CO4)CC2)C1. The second-order valence-electron chi connectivity index (χ2n) is 9.83. The van der Waals surface area contributed by atoms with Crippen LogP contribution in [0.5, 0.6) is 5.75 Å². The Balaban J connectivity index is 1.16. The number of carbonyl (C=O) groups is 1. The molecule has 190 valence electrons. The number of hydrogen-bond donors (Lipinski definition) is 1. The van der Waals surface area contributed by atoms with Crippen molar-refractivity contribution in [3.63, 3.8) is 0 Å². The highest BCUT2D eigenvalue weighted by Gasteiger charge is 2.36. The van der Waals surface area contributed by atoms with E-state index in [9.17, 15) is 4.79 Å². The number of carbonyl (C=O) groups excluding carboxylic acids is 1. The molecule has 1 aromatic carbocycles. The molecule has 0 aliphatic carbocycles. The number of anilines is 3. The van der Waals surface area contributed by atoms with Crippen LogP contribution in [-0.4, -0.2) is 84.2 Å². The van der Waals surface area contributed by atoms with E-state index in [1.807, 2.05) is 11.0 Å². The van der Waals surface area contributed by atoms with Crippen LogP contribution in [0.15, 0.2) is 31.1 Å². The van der Waals surface area contributed by atoms with Gasteiger partial charge < -0.3 is 24.6 Å². The number of ether oxygens (including phenoxy) is 2. The fourth-order valence-corrected chi connectivity index (χ4v) is 5.65. The maximum absolute atomic E-state index is 15.3. The molecule has 4 aliphatic rings. The number of nitrogens with one attached hydrogen (secondary N) is 1. The minimum absolute atomic E-state index is 0.000202. The minimum atomic E-state index is -0.358. The smallest absolute Gasteiger partial charge is 0.246 e. The molecule has 1 amide bonds. The standard InChI is InChI=1S/C26H31FN6O3/c1-2-23(34)33-13-19(14-33)31-5-3-17(4-6-31)18-11-21(27)24-22(12-18)30-25-20(15-36-24)26(29-16-28-25)32-7-9-35-10-8-32/h2,11-12,16-17,19H,1,3-10,13-15H2,(H,28,29,30). The zero-order valence-corrected chi connectivity index (χ0v) is 20.3. The maximum Gasteiger partial charge on any atom is 0.246 e. The molecule has 1 N–H and O–H groups in total. The van der Waals surface area contributed by atoms with Crippen LogP contribution in [0, 0.1) is 5.82 Å². The number of aromatic nitrogens is 2. The summed E-state index contributed by atoms with van der Waals surface area (Å²) in [6, 6.07) is 4.04. The summed E-state index contributed by atoms with van der Waals surface area (Å²) in [4.78, 5) is 27.1. The molecule has 3 fully saturated rings. The van der Waals surface area contributed by atoms with Crippen LogP contribution in [0.2, 0.25) is 0 Å². The normalized spacial score (nSPS) is 20.9. The molecule has 1 aromatic heterocycles. The van der Waals surface area contributed by atoms with Crippen molar-refractivity contribution in [1.82, 2.24) is 19.8 Å². The number of halogens is 1. The molecule has 0 bridgehead atoms. The van der Waals surface area contributed by atoms with Crippen LogP contribution in [0.25, 0.3) is 0 Å². The lowest BCUT2D eigenvalue weighted by Gasteiger charge is -2.47. The predicted molar refractivity (Wildman–Crippen MR) is 133 cm³/mol. The van der Waals surface area contributed by atoms with E-state index in [0.717, 1.165) is 69.1 Å². The molecular weight excluding hydrogens is 463 g/mol. The largest absolute Gasteiger partial charge is 0.483 e. The Morgan fingerprint density at radius 2 is 1.92 bits per heavy atom. The van der Waals surface area contributed by atoms with Gasteiger partial charge in [0.25, 0.3) is 0 Å². The van der Waals surface area contributed by atoms with Crippen LogP contribution in [-0.2, 0) is 16.1 Å². The van der Waals surface area contributed by atoms with Crippen molar-refractivity contribution in [2.75, 3.05) is 62.7 Å². The number of piperidine rings is 1. The fraction of sp³-hybridized carbons (Fsp3) is 0.500. The van der Waals surface area contributed by atoms with E-state index in [0.29, 0.717) is 30.8 Å². The lowest BCUT2D eigenvalue weighted by atomic mass is 9.87. The van der Waals surface area contributed by atoms with Gasteiger partial charge >= 0.3 is 0 Å². The minimum Gasteiger partial charge on any atom is -0.483 e. The van der Waals surface area contributed by atoms with Gasteiger partial charge in [-0.25, -0.2) is 14.4 Å². The highest BCUT2D eigenvalue weighted by atomic mass is 19.1. The molecule has 5 heterocycles. The van der Waals surface area contributed by atoms with E-state index in [-0.39, 0.29) is 30.0 Å². The lowest BCUT2D eigenvalue weighted by molar-refractivity contribution is -0.133. The molecule has 0 unspecified atom stereocenters. The summed E-state index contributed by atoms with van der Waals surface area (Å²) < 4.78 is 26.7. The second-order valence-corrected chi connectivity index (χ2v) is 9.83. The van der Waals surface area contributed by atoms with Crippen LogP contribution in [0.4, 0.5) is 21.7 Å². The third-order valence-electron chi connectivity index (χ3n) is 7.78. The number of fused-ring (bicyclic) bond motifs is 2. The molecule has 10 heteroatoms. The van der Waals surface area contributed by atoms with E-state index in [2.05, 4.69) is 31.7 Å². The molecule has 0 saturated carbocycles. The average Bonchev–Trinajstić information content (AvgIpc) is 3.08. The number of benzene rings is 1. The van der Waals surface area contributed by atoms with Crippen molar-refractivity contribution in [3.8, 4) is 5.75 Å². The summed E-state index contributed by atoms with van der Waals surface area (Å²) in [6.45, 7) is 9.95. The quantitative estimate of drug-likeness (QED) is 0.650. The third-order valence-corrected chi connectivity index (χ3v) is 7.78. The molecule has 9 nitrogen and oxygen atoms in total. The summed E-state index contributed by atoms with van der Waals surface area (Å²) in [7, 11) is 0. The first kappa shape index (κ1) is 23.2. The summed E-state index contributed by atoms with van der Waals surface area (Å²) in [5.74, 6) is 1.60. The Morgan fingerprint density at radius 3 is 2.67 bits per heavy atom. The second kappa shape index (κ2) is 9.67. The van der Waals surface area contributed by atoms with E-state index in [1.165, 1.54) is 6.08 Å². The molecule has 0 spiro atoms. The van der Waals surface area contributed by atoms with Crippen molar-refractivity contribution in [3.05, 3.63) is 48.1 Å². The first-order chi connectivity index (χ1) is 17.6. The average molecular weight is 495 g/mol. The van der Waals surface area contributed by atoms with Gasteiger partial charge in [0.2, 0.25) is 5.91 Å². The molecule has 4 aliphatic heterocycles. The van der Waals surface area contributed by atoms with E-state index in [1.54, 1.807) is 12.4 Å². The van der Waals surface area contributed by atoms with Gasteiger partial charge in [-0.1, -0.05) is 6.58 Å². The molecular formula is C26H31FN6O3. The summed E-state index contributed by atoms with van der Waals surface area (Å²) in [6.07, 6.45) is 4.82. The fourth-order valence-electron chi connectivity index (χ4n) is 5.65. The summed E-state index contributed by atoms with van der Waals surface area (Å²) >= 11 is 0. The van der Waals surface area contributed by atoms with Gasteiger partial charge in [0.15, 0.2) is 11.6 Å². The summed E-state index contributed by atoms with van der Waals surface area (Å²) in [5, 5.41) is 3.34. The van der Waals surface area contributed by atoms with Crippen LogP contribution < -0.4 is 15.0 Å². The Hall–Kier alpha value is -3.24. The number of hydrogen-bond acceptors (Lipinski definition) is 8. The van der Waals surface area contributed by atoms with Gasteiger partial charge in [-0.2, -0.15) is 0 Å². The van der Waals surface area contributed by atoms with Crippen LogP contribution >= 0.6 is 0 Å². The van der Waals surface area contributed by atoms with Crippen molar-refractivity contribution in [2.45, 2.75) is 31.4 Å². The zero-order chi connectivity index (χ0) is 24.6. The van der Waals surface area contributed by atoms with E-state index in [4.69, 9.17) is 9.47 Å². The molecule has 2 aromatic rings. The molecule has 3 saturated heterocycles. The zero-order valence-electron chi connectivity index (χ0n) is 20.3. The number of likely N-dealkylation sites (tertiary alicyclic amines) is 2.